The first-order chi connectivity index (χ1) is 3.79. The van der Waals surface area contributed by atoms with Crippen LogP contribution >= 0.6 is 0 Å². The first kappa shape index (κ1) is 5.98. The molecule has 1 fully saturated rings. The van der Waals surface area contributed by atoms with Crippen molar-refractivity contribution >= 4 is 0 Å². The van der Waals surface area contributed by atoms with Crippen LogP contribution in [0.1, 0.15) is 12.8 Å². The van der Waals surface area contributed by atoms with Crippen molar-refractivity contribution in [2.75, 3.05) is 13.1 Å². The predicted octanol–water partition coefficient (Wildman–Crippen LogP) is 0.294. The summed E-state index contributed by atoms with van der Waals surface area (Å²) in [5.74, 6) is 5.32. The van der Waals surface area contributed by atoms with E-state index in [1.165, 1.54) is 5.01 Å². The number of rotatable bonds is 0. The fraction of sp³-hybridized carbons (Fsp3) is 1.00. The largest absolute Gasteiger partial charge is 0.269 e. The highest BCUT2D eigenvalue weighted by molar-refractivity contribution is 4.66. The number of halogens is 1. The predicted molar refractivity (Wildman–Crippen MR) is 29.9 cm³/mol. The molecule has 1 aliphatic rings. The van der Waals surface area contributed by atoms with Gasteiger partial charge in [-0.3, -0.25) is 5.84 Å². The number of nitrogens with two attached hydrogens (primary N) is 1. The maximum atomic E-state index is 12.3. The van der Waals surface area contributed by atoms with Crippen molar-refractivity contribution in [2.24, 2.45) is 5.84 Å². The summed E-state index contributed by atoms with van der Waals surface area (Å²) in [4.78, 5) is 0. The summed E-state index contributed by atoms with van der Waals surface area (Å²) in [6, 6.07) is 0. The van der Waals surface area contributed by atoms with Gasteiger partial charge in [-0.25, -0.2) is 9.40 Å². The van der Waals surface area contributed by atoms with Gasteiger partial charge < -0.3 is 0 Å². The molecular weight excluding hydrogens is 107 g/mol. The Morgan fingerprint density at radius 3 is 2.75 bits per heavy atom. The summed E-state index contributed by atoms with van der Waals surface area (Å²) in [5, 5.41) is 1.54. The summed E-state index contributed by atoms with van der Waals surface area (Å²) in [6.45, 7) is 1.26. The fourth-order valence-electron chi connectivity index (χ4n) is 0.953. The molecule has 0 aromatic carbocycles. The zero-order valence-corrected chi connectivity index (χ0v) is 4.81. The van der Waals surface area contributed by atoms with E-state index in [-0.39, 0.29) is 0 Å². The molecular formula is C5H11FN2. The SMILES string of the molecule is NN1CCC[C@H](F)C1. The monoisotopic (exact) mass is 118 g/mol. The van der Waals surface area contributed by atoms with Crippen molar-refractivity contribution in [1.29, 1.82) is 0 Å². The van der Waals surface area contributed by atoms with Gasteiger partial charge in [0.1, 0.15) is 6.17 Å². The topological polar surface area (TPSA) is 29.3 Å². The average molecular weight is 118 g/mol. The molecule has 0 aromatic heterocycles. The van der Waals surface area contributed by atoms with Crippen LogP contribution in [-0.4, -0.2) is 24.3 Å². The van der Waals surface area contributed by atoms with E-state index in [2.05, 4.69) is 0 Å². The number of hydrogen-bond acceptors (Lipinski definition) is 2. The van der Waals surface area contributed by atoms with Crippen LogP contribution in [-0.2, 0) is 0 Å². The molecule has 48 valence electrons. The molecule has 0 amide bonds. The molecule has 0 saturated carbocycles. The highest BCUT2D eigenvalue weighted by Gasteiger charge is 2.15. The van der Waals surface area contributed by atoms with Crippen molar-refractivity contribution < 1.29 is 4.39 Å². The quantitative estimate of drug-likeness (QED) is 0.463. The van der Waals surface area contributed by atoms with Crippen LogP contribution in [0.15, 0.2) is 0 Å². The Hall–Kier alpha value is -0.150. The summed E-state index contributed by atoms with van der Waals surface area (Å²) in [6.07, 6.45) is 0.902. The highest BCUT2D eigenvalue weighted by atomic mass is 19.1. The van der Waals surface area contributed by atoms with Gasteiger partial charge in [0.25, 0.3) is 0 Å². The van der Waals surface area contributed by atoms with Crippen molar-refractivity contribution in [3.8, 4) is 0 Å². The van der Waals surface area contributed by atoms with E-state index >= 15 is 0 Å². The van der Waals surface area contributed by atoms with Crippen LogP contribution in [0.4, 0.5) is 4.39 Å². The van der Waals surface area contributed by atoms with Gasteiger partial charge in [-0.05, 0) is 12.8 Å². The minimum Gasteiger partial charge on any atom is -0.269 e. The Bertz CT molecular complexity index is 68.8. The zero-order valence-electron chi connectivity index (χ0n) is 4.81. The third-order valence-corrected chi connectivity index (χ3v) is 1.40. The zero-order chi connectivity index (χ0) is 5.98. The second kappa shape index (κ2) is 2.42. The molecule has 2 N–H and O–H groups in total. The minimum absolute atomic E-state index is 0.417. The number of alkyl halides is 1. The highest BCUT2D eigenvalue weighted by Crippen LogP contribution is 2.08. The van der Waals surface area contributed by atoms with E-state index < -0.39 is 6.17 Å². The Morgan fingerprint density at radius 1 is 1.62 bits per heavy atom. The van der Waals surface area contributed by atoms with Gasteiger partial charge in [0.2, 0.25) is 0 Å². The summed E-state index contributed by atoms with van der Waals surface area (Å²) < 4.78 is 12.3. The molecule has 1 heterocycles. The van der Waals surface area contributed by atoms with Gasteiger partial charge in [0.05, 0.1) is 0 Å². The van der Waals surface area contributed by atoms with Crippen LogP contribution in [0.2, 0.25) is 0 Å². The van der Waals surface area contributed by atoms with E-state index in [4.69, 9.17) is 5.84 Å². The first-order valence-corrected chi connectivity index (χ1v) is 2.93. The number of hydrazine groups is 1. The van der Waals surface area contributed by atoms with Crippen LogP contribution in [0.5, 0.6) is 0 Å². The molecule has 2 nitrogen and oxygen atoms in total. The van der Waals surface area contributed by atoms with Crippen LogP contribution in [0.25, 0.3) is 0 Å². The molecule has 0 unspecified atom stereocenters. The molecule has 8 heavy (non-hydrogen) atoms. The standard InChI is InChI=1S/C5H11FN2/c6-5-2-1-3-8(7)4-5/h5H,1-4,7H2/t5-/m0/s1. The van der Waals surface area contributed by atoms with E-state index in [0.29, 0.717) is 13.0 Å². The molecule has 0 radical (unpaired) electrons. The smallest absolute Gasteiger partial charge is 0.114 e. The van der Waals surface area contributed by atoms with Crippen molar-refractivity contribution in [1.82, 2.24) is 5.01 Å². The third kappa shape index (κ3) is 1.42. The van der Waals surface area contributed by atoms with Crippen LogP contribution < -0.4 is 5.84 Å². The molecule has 0 aromatic rings. The molecule has 3 heteroatoms. The van der Waals surface area contributed by atoms with E-state index in [1.807, 2.05) is 0 Å². The molecule has 1 aliphatic heterocycles. The Balaban J connectivity index is 2.23. The second-order valence-corrected chi connectivity index (χ2v) is 2.23. The van der Waals surface area contributed by atoms with E-state index in [1.54, 1.807) is 0 Å². The first-order valence-electron chi connectivity index (χ1n) is 2.93. The molecule has 0 spiro atoms. The number of hydrogen-bond donors (Lipinski definition) is 1. The molecule has 1 atom stereocenters. The van der Waals surface area contributed by atoms with Gasteiger partial charge >= 0.3 is 0 Å². The van der Waals surface area contributed by atoms with Crippen LogP contribution in [0, 0.1) is 0 Å². The maximum Gasteiger partial charge on any atom is 0.114 e. The lowest BCUT2D eigenvalue weighted by Crippen LogP contribution is -2.41. The average Bonchev–Trinajstić information content (AvgIpc) is 1.64. The minimum atomic E-state index is -0.686. The van der Waals surface area contributed by atoms with Crippen molar-refractivity contribution in [2.45, 2.75) is 19.0 Å². The van der Waals surface area contributed by atoms with Gasteiger partial charge in [0, 0.05) is 13.1 Å². The van der Waals surface area contributed by atoms with Gasteiger partial charge in [-0.1, -0.05) is 0 Å². The Labute approximate surface area is 48.4 Å². The second-order valence-electron chi connectivity index (χ2n) is 2.23. The fourth-order valence-corrected chi connectivity index (χ4v) is 0.953. The molecule has 0 aliphatic carbocycles. The lowest BCUT2D eigenvalue weighted by molar-refractivity contribution is 0.140. The van der Waals surface area contributed by atoms with Crippen LogP contribution in [0.3, 0.4) is 0 Å². The summed E-state index contributed by atoms with van der Waals surface area (Å²) in [7, 11) is 0. The summed E-state index contributed by atoms with van der Waals surface area (Å²) >= 11 is 0. The summed E-state index contributed by atoms with van der Waals surface area (Å²) in [5.41, 5.74) is 0. The number of nitrogens with zero attached hydrogens (tertiary/aromatic N) is 1. The number of piperidine rings is 1. The van der Waals surface area contributed by atoms with E-state index in [0.717, 1.165) is 13.0 Å². The lowest BCUT2D eigenvalue weighted by atomic mass is 10.1. The van der Waals surface area contributed by atoms with Gasteiger partial charge in [0.15, 0.2) is 0 Å². The van der Waals surface area contributed by atoms with Gasteiger partial charge in [-0.2, -0.15) is 0 Å². The lowest BCUT2D eigenvalue weighted by Gasteiger charge is -2.23. The van der Waals surface area contributed by atoms with Crippen molar-refractivity contribution in [3.63, 3.8) is 0 Å². The third-order valence-electron chi connectivity index (χ3n) is 1.40. The van der Waals surface area contributed by atoms with E-state index in [9.17, 15) is 4.39 Å². The molecule has 1 rings (SSSR count). The normalized spacial score (nSPS) is 33.0. The van der Waals surface area contributed by atoms with Gasteiger partial charge in [-0.15, -0.1) is 0 Å². The Morgan fingerprint density at radius 2 is 2.38 bits per heavy atom. The Kier molecular flexibility index (Phi) is 1.81. The maximum absolute atomic E-state index is 12.3. The van der Waals surface area contributed by atoms with Crippen molar-refractivity contribution in [3.05, 3.63) is 0 Å². The molecule has 1 saturated heterocycles. The molecule has 0 bridgehead atoms.